The zero-order valence-electron chi connectivity index (χ0n) is 79.6. The highest BCUT2D eigenvalue weighted by atomic mass is 32.2. The molecule has 5 amide bonds. The maximum absolute atomic E-state index is 14.5. The highest BCUT2D eigenvalue weighted by Gasteiger charge is 2.62. The molecule has 146 heavy (non-hydrogen) atoms. The molecule has 0 unspecified atom stereocenters. The summed E-state index contributed by atoms with van der Waals surface area (Å²) >= 11 is 5.79. The molecule has 4 aliphatic carbocycles. The first-order valence-electron chi connectivity index (χ1n) is 47.0. The number of hydrogen-bond donors (Lipinski definition) is 5. The van der Waals surface area contributed by atoms with E-state index in [-0.39, 0.29) is 113 Å². The largest absolute Gasteiger partial charge is 0.492 e. The summed E-state index contributed by atoms with van der Waals surface area (Å²) < 4.78 is 219. The van der Waals surface area contributed by atoms with Crippen molar-refractivity contribution < 1.29 is 94.6 Å². The second kappa shape index (κ2) is 43.9. The lowest BCUT2D eigenvalue weighted by atomic mass is 9.77. The average Bonchev–Trinajstić information content (AvgIpc) is 1.56. The van der Waals surface area contributed by atoms with E-state index in [9.17, 15) is 89.8 Å². The van der Waals surface area contributed by atoms with Gasteiger partial charge in [0.05, 0.1) is 6.61 Å². The lowest BCUT2D eigenvalue weighted by molar-refractivity contribution is -0.135. The van der Waals surface area contributed by atoms with Crippen molar-refractivity contribution in [1.29, 1.82) is 0 Å². The van der Waals surface area contributed by atoms with Gasteiger partial charge in [0.25, 0.3) is 0 Å². The summed E-state index contributed by atoms with van der Waals surface area (Å²) in [6, 6.07) is 36.3. The topological polar surface area (TPSA) is 303 Å². The monoisotopic (exact) mass is 2110 g/mol. The van der Waals surface area contributed by atoms with Crippen LogP contribution in [0.15, 0.2) is 201 Å². The Bertz CT molecular complexity index is 6350. The van der Waals surface area contributed by atoms with Crippen molar-refractivity contribution >= 4 is 114 Å². The molecular formula is C105H100F15N15O6S5. The predicted octanol–water partition coefficient (Wildman–Crippen LogP) is 20.4. The molecule has 0 aromatic heterocycles. The highest BCUT2D eigenvalue weighted by Crippen LogP contribution is 2.64. The van der Waals surface area contributed by atoms with Crippen LogP contribution in [0.3, 0.4) is 0 Å². The molecule has 766 valence electrons. The summed E-state index contributed by atoms with van der Waals surface area (Å²) in [4.78, 5) is 57.7. The van der Waals surface area contributed by atoms with Crippen LogP contribution in [-0.4, -0.2) is 119 Å². The molecule has 10 N–H and O–H groups in total. The van der Waals surface area contributed by atoms with Crippen molar-refractivity contribution in [3.8, 4) is 5.75 Å². The third-order valence-electron chi connectivity index (χ3n) is 27.4. The van der Waals surface area contributed by atoms with Crippen LogP contribution < -0.4 is 33.4 Å². The number of carbonyl (C=O) groups is 5. The van der Waals surface area contributed by atoms with E-state index in [0.29, 0.717) is 104 Å². The Balaban J connectivity index is 0.000000131. The number of fused-ring (bicyclic) bond motifs is 10. The first kappa shape index (κ1) is 107. The Kier molecular flexibility index (Phi) is 32.2. The first-order chi connectivity index (χ1) is 69.7. The van der Waals surface area contributed by atoms with Gasteiger partial charge >= 0.3 is 0 Å². The van der Waals surface area contributed by atoms with Crippen molar-refractivity contribution in [2.24, 2.45) is 83.8 Å². The van der Waals surface area contributed by atoms with Crippen LogP contribution in [0.25, 0.3) is 0 Å². The van der Waals surface area contributed by atoms with E-state index in [1.165, 1.54) is 167 Å². The van der Waals surface area contributed by atoms with Crippen LogP contribution in [0.5, 0.6) is 5.75 Å². The molecule has 10 atom stereocenters. The molecule has 6 heterocycles. The Morgan fingerprint density at radius 1 is 0.288 bits per heavy atom. The van der Waals surface area contributed by atoms with Gasteiger partial charge in [0.1, 0.15) is 138 Å². The molecule has 20 rings (SSSR count). The molecule has 10 aliphatic rings. The van der Waals surface area contributed by atoms with Crippen LogP contribution in [-0.2, 0) is 74.0 Å². The minimum absolute atomic E-state index is 0.0202. The minimum Gasteiger partial charge on any atom is -0.492 e. The predicted molar refractivity (Wildman–Crippen MR) is 535 cm³/mol. The fourth-order valence-corrected chi connectivity index (χ4v) is 29.2. The highest BCUT2D eigenvalue weighted by molar-refractivity contribution is 8.16. The van der Waals surface area contributed by atoms with Crippen LogP contribution >= 0.6 is 58.8 Å². The molecule has 10 aromatic carbocycles. The summed E-state index contributed by atoms with van der Waals surface area (Å²) in [6.45, 7) is 10.6. The normalized spacial score (nSPS) is 23.2. The summed E-state index contributed by atoms with van der Waals surface area (Å²) in [5.41, 5.74) is 36.2. The SMILES string of the molecule is CC(=O)N1N=C(c2cc(F)ccc2F)S[C@@]12c1cc(F)cc(C)c1OC[C@H]2CCN.CC(=O)N1N=C(c2cc(F)ccc2F)S[C@@]12c1cc(F)ccc1CC[C@@H]2CCN.CC(=O)N1N=C(c2cc(F)ccc2F)S[C@@]12c1cc(F)ccc1CC[C@H]2CCN.CC(=O)N1N=C(c2cc(F)ccc2F)S[C@]12c1cc(F)ccc1CC[C@@H]2CCN.CC(=O)N1N=C(c2cc(F)ccc2F)S[C@]12c1cc(F)ccc1CC[C@H]2CCN. The van der Waals surface area contributed by atoms with E-state index in [1.807, 2.05) is 0 Å². The number of aryl methyl sites for hydroxylation is 5. The molecule has 0 saturated carbocycles. The summed E-state index contributed by atoms with van der Waals surface area (Å²) in [5, 5.41) is 29.3. The number of nitrogens with two attached hydrogens (primary N) is 5. The molecule has 21 nitrogen and oxygen atoms in total. The minimum atomic E-state index is -1.18. The van der Waals surface area contributed by atoms with E-state index < -0.39 is 118 Å². The Morgan fingerprint density at radius 3 is 0.705 bits per heavy atom. The standard InChI is InChI=1S/C21H20F3N3O2S.4C21H20F3N3OS/c1-11-7-15(23)9-17-19(11)29-10-13(5-6-25)21(17)27(12(2)28)26-20(30-21)16-8-14(22)3-4-18(16)24;4*1-12(28)27-21(29-20(26-27)17-10-15(22)6-7-19(17)24)14(8-9-25)4-2-13-3-5-16(23)11-18(13)21/h3-4,7-9,13H,5-6,10,25H2,1-2H3;4*3,5-7,10-11,14H,2,4,8-9,25H2,1H3/t13-,21+;2*14-,21+;2*14-,21-/m11010/s1. The van der Waals surface area contributed by atoms with E-state index >= 15 is 0 Å². The second-order valence-electron chi connectivity index (χ2n) is 36.4. The quantitative estimate of drug-likeness (QED) is 0.0596. The van der Waals surface area contributed by atoms with Crippen molar-refractivity contribution in [2.75, 3.05) is 39.3 Å². The number of hydrogen-bond acceptors (Lipinski definition) is 21. The van der Waals surface area contributed by atoms with E-state index in [1.54, 1.807) is 31.2 Å². The number of thioether (sulfide) groups is 5. The maximum Gasteiger partial charge on any atom is 0.241 e. The Morgan fingerprint density at radius 2 is 0.486 bits per heavy atom. The van der Waals surface area contributed by atoms with Crippen LogP contribution in [0.4, 0.5) is 65.9 Å². The van der Waals surface area contributed by atoms with Crippen LogP contribution in [0, 0.1) is 124 Å². The van der Waals surface area contributed by atoms with Crippen LogP contribution in [0.1, 0.15) is 176 Å². The number of ether oxygens (including phenoxy) is 1. The number of halogens is 15. The van der Waals surface area contributed by atoms with Crippen molar-refractivity contribution in [1.82, 2.24) is 25.0 Å². The molecule has 0 bridgehead atoms. The van der Waals surface area contributed by atoms with Gasteiger partial charge in [0, 0.05) is 73.9 Å². The summed E-state index contributed by atoms with van der Waals surface area (Å²) in [7, 11) is 0. The van der Waals surface area contributed by atoms with Gasteiger partial charge in [-0.1, -0.05) is 83.1 Å². The number of amides is 5. The Hall–Kier alpha value is -11.8. The number of nitrogens with zero attached hydrogens (tertiary/aromatic N) is 10. The Labute approximate surface area is 852 Å². The van der Waals surface area contributed by atoms with Gasteiger partial charge in [0.2, 0.25) is 29.5 Å². The van der Waals surface area contributed by atoms with Crippen molar-refractivity contribution in [3.63, 3.8) is 0 Å². The number of carbonyl (C=O) groups excluding carboxylic acids is 5. The van der Waals surface area contributed by atoms with Gasteiger partial charge in [-0.15, -0.1) is 0 Å². The zero-order valence-corrected chi connectivity index (χ0v) is 83.7. The number of rotatable bonds is 15. The van der Waals surface area contributed by atoms with Gasteiger partial charge in [-0.05, 0) is 349 Å². The molecular weight excluding hydrogens is 2010 g/mol. The lowest BCUT2D eigenvalue weighted by Gasteiger charge is -2.45. The van der Waals surface area contributed by atoms with Gasteiger partial charge in [-0.25, -0.2) is 90.9 Å². The third kappa shape index (κ3) is 20.1. The van der Waals surface area contributed by atoms with Gasteiger partial charge in [0.15, 0.2) is 4.87 Å². The average molecular weight is 2110 g/mol. The van der Waals surface area contributed by atoms with Gasteiger partial charge in [-0.2, -0.15) is 25.5 Å². The molecule has 0 saturated heterocycles. The van der Waals surface area contributed by atoms with E-state index in [0.717, 1.165) is 176 Å². The number of benzene rings is 10. The fourth-order valence-electron chi connectivity index (χ4n) is 21.1. The first-order valence-corrected chi connectivity index (χ1v) is 51.1. The van der Waals surface area contributed by atoms with Gasteiger partial charge in [-0.3, -0.25) is 24.0 Å². The lowest BCUT2D eigenvalue weighted by Crippen LogP contribution is -2.51. The van der Waals surface area contributed by atoms with Crippen molar-refractivity contribution in [3.05, 3.63) is 347 Å². The molecule has 10 aromatic rings. The molecule has 0 fully saturated rings. The zero-order chi connectivity index (χ0) is 105. The molecule has 0 radical (unpaired) electrons. The smallest absolute Gasteiger partial charge is 0.241 e. The van der Waals surface area contributed by atoms with E-state index in [2.05, 4.69) is 25.5 Å². The fraction of sp³-hybridized carbons (Fsp3) is 0.333. The molecule has 41 heteroatoms. The second-order valence-corrected chi connectivity index (χ2v) is 42.5. The summed E-state index contributed by atoms with van der Waals surface area (Å²) in [5.74, 6) is -10.6. The van der Waals surface area contributed by atoms with Gasteiger partial charge < -0.3 is 33.4 Å². The van der Waals surface area contributed by atoms with Crippen molar-refractivity contribution in [2.45, 2.75) is 149 Å². The molecule has 6 aliphatic heterocycles. The number of hydrazone groups is 5. The third-order valence-corrected chi connectivity index (χ3v) is 35.0. The van der Waals surface area contributed by atoms with Crippen LogP contribution in [0.2, 0.25) is 0 Å². The summed E-state index contributed by atoms with van der Waals surface area (Å²) in [6.07, 6.45) is 8.57. The molecule has 5 spiro atoms. The maximum atomic E-state index is 14.5. The van der Waals surface area contributed by atoms with E-state index in [4.69, 9.17) is 33.4 Å².